The van der Waals surface area contributed by atoms with E-state index in [9.17, 15) is 0 Å². The zero-order chi connectivity index (χ0) is 5.56. The van der Waals surface area contributed by atoms with Gasteiger partial charge in [0.05, 0.1) is 0 Å². The predicted molar refractivity (Wildman–Crippen MR) is 34.7 cm³/mol. The largest absolute Gasteiger partial charge is 0.0738 e. The maximum absolute atomic E-state index is 2.30. The highest BCUT2D eigenvalue weighted by Gasteiger charge is 2.33. The van der Waals surface area contributed by atoms with Gasteiger partial charge in [-0.25, -0.2) is 0 Å². The highest BCUT2D eigenvalue weighted by atomic mass is 14.4. The van der Waals surface area contributed by atoms with E-state index in [1.54, 1.807) is 11.1 Å². The Labute approximate surface area is 50.6 Å². The lowest BCUT2D eigenvalue weighted by atomic mass is 10.0. The number of fused-ring (bicyclic) bond motifs is 1. The Bertz CT molecular complexity index is 142. The Kier molecular flexibility index (Phi) is 0.787. The molecule has 1 atom stereocenters. The van der Waals surface area contributed by atoms with E-state index >= 15 is 0 Å². The van der Waals surface area contributed by atoms with Crippen LogP contribution in [0.25, 0.3) is 0 Å². The number of hydrogen-bond donors (Lipinski definition) is 0. The summed E-state index contributed by atoms with van der Waals surface area (Å²) < 4.78 is 0. The van der Waals surface area contributed by atoms with Crippen LogP contribution in [0.2, 0.25) is 0 Å². The van der Waals surface area contributed by atoms with Crippen LogP contribution >= 0.6 is 0 Å². The molecular formula is C8H12. The van der Waals surface area contributed by atoms with Crippen LogP contribution in [0.15, 0.2) is 11.1 Å². The van der Waals surface area contributed by atoms with Crippen molar-refractivity contribution in [2.24, 2.45) is 5.92 Å². The lowest BCUT2D eigenvalue weighted by Crippen LogP contribution is -1.87. The topological polar surface area (TPSA) is 0 Å². The maximum Gasteiger partial charge on any atom is -0.0163 e. The van der Waals surface area contributed by atoms with Gasteiger partial charge >= 0.3 is 0 Å². The Balaban J connectivity index is 2.25. The molecule has 0 N–H and O–H groups in total. The van der Waals surface area contributed by atoms with Crippen LogP contribution in [0.3, 0.4) is 0 Å². The maximum atomic E-state index is 2.30. The van der Waals surface area contributed by atoms with Crippen molar-refractivity contribution < 1.29 is 0 Å². The first-order valence-corrected chi connectivity index (χ1v) is 3.56. The van der Waals surface area contributed by atoms with Crippen molar-refractivity contribution in [3.8, 4) is 0 Å². The summed E-state index contributed by atoms with van der Waals surface area (Å²) in [6.45, 7) is 2.30. The Morgan fingerprint density at radius 3 is 3.00 bits per heavy atom. The van der Waals surface area contributed by atoms with E-state index in [1.807, 2.05) is 0 Å². The highest BCUT2D eigenvalue weighted by Crippen LogP contribution is 2.48. The van der Waals surface area contributed by atoms with E-state index in [-0.39, 0.29) is 0 Å². The minimum Gasteiger partial charge on any atom is -0.0738 e. The molecule has 0 heterocycles. The zero-order valence-corrected chi connectivity index (χ0v) is 5.41. The summed E-state index contributed by atoms with van der Waals surface area (Å²) in [5, 5.41) is 0. The van der Waals surface area contributed by atoms with Crippen molar-refractivity contribution in [3.05, 3.63) is 11.1 Å². The molecule has 2 aliphatic carbocycles. The molecule has 2 aliphatic rings. The first-order chi connectivity index (χ1) is 3.88. The van der Waals surface area contributed by atoms with E-state index in [0.29, 0.717) is 0 Å². The molecule has 0 aromatic rings. The van der Waals surface area contributed by atoms with Crippen LogP contribution in [0.4, 0.5) is 0 Å². The summed E-state index contributed by atoms with van der Waals surface area (Å²) in [4.78, 5) is 0. The van der Waals surface area contributed by atoms with Gasteiger partial charge in [-0.1, -0.05) is 11.1 Å². The van der Waals surface area contributed by atoms with Crippen LogP contribution in [-0.4, -0.2) is 0 Å². The first-order valence-electron chi connectivity index (χ1n) is 3.56. The molecule has 2 rings (SSSR count). The van der Waals surface area contributed by atoms with E-state index in [1.165, 1.54) is 25.7 Å². The standard InChI is InChI=1S/C8H12/c1-6-3-2-4-7-5-8(6)7/h7H,2-5H2,1H3. The van der Waals surface area contributed by atoms with Crippen molar-refractivity contribution in [1.82, 2.24) is 0 Å². The van der Waals surface area contributed by atoms with E-state index in [2.05, 4.69) is 6.92 Å². The molecule has 1 fully saturated rings. The summed E-state index contributed by atoms with van der Waals surface area (Å²) in [5.41, 5.74) is 3.51. The second-order valence-corrected chi connectivity index (χ2v) is 3.10. The highest BCUT2D eigenvalue weighted by molar-refractivity contribution is 5.30. The average molecular weight is 108 g/mol. The SMILES string of the molecule is CC1=C2CC2CCC1. The third-order valence-corrected chi connectivity index (χ3v) is 2.45. The summed E-state index contributed by atoms with van der Waals surface area (Å²) in [6, 6.07) is 0. The average Bonchev–Trinajstić information content (AvgIpc) is 2.45. The number of hydrogen-bond acceptors (Lipinski definition) is 0. The van der Waals surface area contributed by atoms with E-state index in [0.717, 1.165) is 5.92 Å². The van der Waals surface area contributed by atoms with E-state index < -0.39 is 0 Å². The minimum absolute atomic E-state index is 1.06. The fourth-order valence-corrected chi connectivity index (χ4v) is 1.78. The molecule has 0 aromatic carbocycles. The second kappa shape index (κ2) is 1.37. The fourth-order valence-electron chi connectivity index (χ4n) is 1.78. The first kappa shape index (κ1) is 4.60. The van der Waals surface area contributed by atoms with Gasteiger partial charge in [-0.05, 0) is 38.5 Å². The molecule has 1 saturated carbocycles. The summed E-state index contributed by atoms with van der Waals surface area (Å²) in [6.07, 6.45) is 5.80. The smallest absolute Gasteiger partial charge is 0.0163 e. The zero-order valence-electron chi connectivity index (χ0n) is 5.41. The third kappa shape index (κ3) is 0.521. The normalized spacial score (nSPS) is 34.9. The molecule has 0 saturated heterocycles. The van der Waals surface area contributed by atoms with Crippen LogP contribution < -0.4 is 0 Å². The van der Waals surface area contributed by atoms with Crippen LogP contribution in [0.5, 0.6) is 0 Å². The second-order valence-electron chi connectivity index (χ2n) is 3.10. The number of rotatable bonds is 0. The van der Waals surface area contributed by atoms with Gasteiger partial charge in [0, 0.05) is 0 Å². The van der Waals surface area contributed by atoms with Crippen LogP contribution in [0.1, 0.15) is 32.6 Å². The predicted octanol–water partition coefficient (Wildman–Crippen LogP) is 2.51. The molecule has 44 valence electrons. The van der Waals surface area contributed by atoms with E-state index in [4.69, 9.17) is 0 Å². The summed E-state index contributed by atoms with van der Waals surface area (Å²) in [5.74, 6) is 1.06. The Hall–Kier alpha value is -0.260. The van der Waals surface area contributed by atoms with Gasteiger partial charge < -0.3 is 0 Å². The minimum atomic E-state index is 1.06. The van der Waals surface area contributed by atoms with Gasteiger partial charge in [-0.2, -0.15) is 0 Å². The van der Waals surface area contributed by atoms with Crippen molar-refractivity contribution in [2.45, 2.75) is 32.6 Å². The fraction of sp³-hybridized carbons (Fsp3) is 0.750. The molecule has 0 amide bonds. The lowest BCUT2D eigenvalue weighted by molar-refractivity contribution is 0.654. The molecule has 0 aliphatic heterocycles. The van der Waals surface area contributed by atoms with Crippen LogP contribution in [-0.2, 0) is 0 Å². The molecule has 1 unspecified atom stereocenters. The van der Waals surface area contributed by atoms with Crippen molar-refractivity contribution in [1.29, 1.82) is 0 Å². The van der Waals surface area contributed by atoms with Gasteiger partial charge in [-0.15, -0.1) is 0 Å². The molecule has 0 radical (unpaired) electrons. The van der Waals surface area contributed by atoms with Gasteiger partial charge in [0.2, 0.25) is 0 Å². The molecule has 0 bridgehead atoms. The van der Waals surface area contributed by atoms with Gasteiger partial charge in [0.15, 0.2) is 0 Å². The molecule has 0 nitrogen and oxygen atoms in total. The van der Waals surface area contributed by atoms with Crippen molar-refractivity contribution >= 4 is 0 Å². The summed E-state index contributed by atoms with van der Waals surface area (Å²) >= 11 is 0. The quantitative estimate of drug-likeness (QED) is 0.418. The molecule has 0 spiro atoms. The summed E-state index contributed by atoms with van der Waals surface area (Å²) in [7, 11) is 0. The monoisotopic (exact) mass is 108 g/mol. The van der Waals surface area contributed by atoms with Crippen molar-refractivity contribution in [2.75, 3.05) is 0 Å². The third-order valence-electron chi connectivity index (χ3n) is 2.45. The Morgan fingerprint density at radius 2 is 2.38 bits per heavy atom. The van der Waals surface area contributed by atoms with Crippen molar-refractivity contribution in [3.63, 3.8) is 0 Å². The number of allylic oxidation sites excluding steroid dienone is 2. The van der Waals surface area contributed by atoms with Gasteiger partial charge in [0.1, 0.15) is 0 Å². The van der Waals surface area contributed by atoms with Crippen LogP contribution in [0, 0.1) is 5.92 Å². The van der Waals surface area contributed by atoms with Gasteiger partial charge in [0.25, 0.3) is 0 Å². The molecular weight excluding hydrogens is 96.1 g/mol. The molecule has 0 aromatic heterocycles. The molecule has 8 heavy (non-hydrogen) atoms. The molecule has 0 heteroatoms. The lowest BCUT2D eigenvalue weighted by Gasteiger charge is -2.04. The Morgan fingerprint density at radius 1 is 1.50 bits per heavy atom. The van der Waals surface area contributed by atoms with Gasteiger partial charge in [-0.3, -0.25) is 0 Å².